The summed E-state index contributed by atoms with van der Waals surface area (Å²) in [7, 11) is 0. The number of anilines is 1. The maximum atomic E-state index is 13.7. The summed E-state index contributed by atoms with van der Waals surface area (Å²) in [5, 5.41) is 5.70. The van der Waals surface area contributed by atoms with Gasteiger partial charge in [0.2, 0.25) is 0 Å². The number of rotatable bonds is 9. The third-order valence-corrected chi connectivity index (χ3v) is 3.41. The second-order valence-corrected chi connectivity index (χ2v) is 5.32. The average Bonchev–Trinajstić information content (AvgIpc) is 3.29. The second kappa shape index (κ2) is 7.98. The van der Waals surface area contributed by atoms with Crippen LogP contribution in [-0.2, 0) is 4.74 Å². The lowest BCUT2D eigenvalue weighted by molar-refractivity contribution is 0.0938. The largest absolute Gasteiger partial charge is 0.382 e. The lowest BCUT2D eigenvalue weighted by atomic mass is 10.1. The van der Waals surface area contributed by atoms with Crippen molar-refractivity contribution in [3.8, 4) is 0 Å². The lowest BCUT2D eigenvalue weighted by Crippen LogP contribution is -2.26. The van der Waals surface area contributed by atoms with E-state index in [1.165, 1.54) is 18.9 Å². The van der Waals surface area contributed by atoms with E-state index in [0.717, 1.165) is 18.9 Å². The van der Waals surface area contributed by atoms with Crippen molar-refractivity contribution < 1.29 is 13.9 Å². The molecular formula is C16H23FN2O2. The van der Waals surface area contributed by atoms with Gasteiger partial charge in [0, 0.05) is 26.3 Å². The predicted octanol–water partition coefficient (Wildman–Crippen LogP) is 2.80. The Morgan fingerprint density at radius 3 is 2.95 bits per heavy atom. The highest BCUT2D eigenvalue weighted by Gasteiger charge is 2.20. The molecule has 1 amide bonds. The smallest absolute Gasteiger partial charge is 0.253 e. The molecular weight excluding hydrogens is 271 g/mol. The number of hydrogen-bond donors (Lipinski definition) is 2. The van der Waals surface area contributed by atoms with Crippen LogP contribution in [0.2, 0.25) is 0 Å². The quantitative estimate of drug-likeness (QED) is 0.689. The number of para-hydroxylation sites is 1. The Morgan fingerprint density at radius 2 is 2.24 bits per heavy atom. The molecule has 0 saturated heterocycles. The van der Waals surface area contributed by atoms with Crippen LogP contribution in [0.5, 0.6) is 0 Å². The average molecular weight is 294 g/mol. The molecule has 1 aliphatic rings. The summed E-state index contributed by atoms with van der Waals surface area (Å²) in [4.78, 5) is 12.1. The van der Waals surface area contributed by atoms with Crippen LogP contribution in [0.15, 0.2) is 18.2 Å². The van der Waals surface area contributed by atoms with E-state index >= 15 is 0 Å². The van der Waals surface area contributed by atoms with E-state index in [1.54, 1.807) is 12.1 Å². The minimum Gasteiger partial charge on any atom is -0.382 e. The first-order valence-corrected chi connectivity index (χ1v) is 7.60. The van der Waals surface area contributed by atoms with Gasteiger partial charge >= 0.3 is 0 Å². The minimum absolute atomic E-state index is 0.257. The first-order chi connectivity index (χ1) is 10.2. The topological polar surface area (TPSA) is 50.4 Å². The number of carbonyl (C=O) groups is 1. The minimum atomic E-state index is -0.405. The van der Waals surface area contributed by atoms with E-state index in [2.05, 4.69) is 10.6 Å². The fraction of sp³-hybridized carbons (Fsp3) is 0.562. The highest BCUT2D eigenvalue weighted by atomic mass is 19.1. The number of nitrogens with one attached hydrogen (secondary N) is 2. The van der Waals surface area contributed by atoms with Gasteiger partial charge in [-0.05, 0) is 44.2 Å². The van der Waals surface area contributed by atoms with Gasteiger partial charge in [-0.15, -0.1) is 0 Å². The molecule has 1 saturated carbocycles. The summed E-state index contributed by atoms with van der Waals surface area (Å²) in [6, 6.07) is 4.52. The third kappa shape index (κ3) is 5.01. The fourth-order valence-corrected chi connectivity index (χ4v) is 2.08. The molecule has 2 rings (SSSR count). The molecule has 1 aromatic carbocycles. The second-order valence-electron chi connectivity index (χ2n) is 5.32. The van der Waals surface area contributed by atoms with Crippen molar-refractivity contribution in [3.63, 3.8) is 0 Å². The number of amides is 1. The van der Waals surface area contributed by atoms with Crippen molar-refractivity contribution in [2.45, 2.75) is 26.2 Å². The van der Waals surface area contributed by atoms with E-state index in [9.17, 15) is 9.18 Å². The molecule has 0 atom stereocenters. The van der Waals surface area contributed by atoms with Crippen molar-refractivity contribution in [1.29, 1.82) is 0 Å². The lowest BCUT2D eigenvalue weighted by Gasteiger charge is -2.12. The number of ether oxygens (including phenoxy) is 1. The Kier molecular flexibility index (Phi) is 5.99. The van der Waals surface area contributed by atoms with Crippen LogP contribution >= 0.6 is 0 Å². The summed E-state index contributed by atoms with van der Waals surface area (Å²) >= 11 is 0. The predicted molar refractivity (Wildman–Crippen MR) is 81.1 cm³/mol. The van der Waals surface area contributed by atoms with Gasteiger partial charge in [0.1, 0.15) is 5.82 Å². The molecule has 5 heteroatoms. The van der Waals surface area contributed by atoms with Gasteiger partial charge in [0.05, 0.1) is 11.3 Å². The molecule has 4 nitrogen and oxygen atoms in total. The van der Waals surface area contributed by atoms with Crippen LogP contribution in [-0.4, -0.2) is 32.2 Å². The monoisotopic (exact) mass is 294 g/mol. The van der Waals surface area contributed by atoms with E-state index in [4.69, 9.17) is 4.74 Å². The SMILES string of the molecule is CCNc1c(F)cccc1C(=O)NCCCOCC1CC1. The molecule has 21 heavy (non-hydrogen) atoms. The number of carbonyl (C=O) groups excluding carboxylic acids is 1. The van der Waals surface area contributed by atoms with Gasteiger partial charge in [-0.3, -0.25) is 4.79 Å². The van der Waals surface area contributed by atoms with Gasteiger partial charge in [-0.25, -0.2) is 4.39 Å². The summed E-state index contributed by atoms with van der Waals surface area (Å²) in [5.41, 5.74) is 0.609. The Bertz CT molecular complexity index is 475. The van der Waals surface area contributed by atoms with Crippen LogP contribution in [0, 0.1) is 11.7 Å². The van der Waals surface area contributed by atoms with Crippen molar-refractivity contribution in [3.05, 3.63) is 29.6 Å². The molecule has 0 spiro atoms. The number of hydrogen-bond acceptors (Lipinski definition) is 3. The zero-order chi connectivity index (χ0) is 15.1. The van der Waals surface area contributed by atoms with Gasteiger partial charge in [0.25, 0.3) is 5.91 Å². The molecule has 1 aromatic rings. The van der Waals surface area contributed by atoms with Crippen LogP contribution in [0.25, 0.3) is 0 Å². The summed E-state index contributed by atoms with van der Waals surface area (Å²) in [6.45, 7) is 4.45. The molecule has 2 N–H and O–H groups in total. The third-order valence-electron chi connectivity index (χ3n) is 3.41. The van der Waals surface area contributed by atoms with Gasteiger partial charge in [0.15, 0.2) is 0 Å². The molecule has 0 heterocycles. The first kappa shape index (κ1) is 15.8. The van der Waals surface area contributed by atoms with Gasteiger partial charge in [-0.2, -0.15) is 0 Å². The van der Waals surface area contributed by atoms with Crippen LogP contribution in [0.4, 0.5) is 10.1 Å². The van der Waals surface area contributed by atoms with Crippen LogP contribution in [0.3, 0.4) is 0 Å². The molecule has 0 aromatic heterocycles. The van der Waals surface area contributed by atoms with E-state index in [-0.39, 0.29) is 11.6 Å². The highest BCUT2D eigenvalue weighted by molar-refractivity contribution is 5.99. The Balaban J connectivity index is 1.75. The number of benzene rings is 1. The zero-order valence-electron chi connectivity index (χ0n) is 12.5. The van der Waals surface area contributed by atoms with E-state index in [0.29, 0.717) is 25.3 Å². The zero-order valence-corrected chi connectivity index (χ0v) is 12.5. The van der Waals surface area contributed by atoms with E-state index < -0.39 is 5.82 Å². The van der Waals surface area contributed by atoms with Gasteiger partial charge < -0.3 is 15.4 Å². The Morgan fingerprint density at radius 1 is 1.43 bits per heavy atom. The van der Waals surface area contributed by atoms with Crippen molar-refractivity contribution in [1.82, 2.24) is 5.32 Å². The standard InChI is InChI=1S/C16H23FN2O2/c1-2-18-15-13(5-3-6-14(15)17)16(20)19-9-4-10-21-11-12-7-8-12/h3,5-6,12,18H,2,4,7-11H2,1H3,(H,19,20). The van der Waals surface area contributed by atoms with Crippen molar-refractivity contribution in [2.24, 2.45) is 5.92 Å². The van der Waals surface area contributed by atoms with Crippen molar-refractivity contribution in [2.75, 3.05) is 31.6 Å². The maximum Gasteiger partial charge on any atom is 0.253 e. The Hall–Kier alpha value is -1.62. The summed E-state index contributed by atoms with van der Waals surface area (Å²) in [6.07, 6.45) is 3.33. The highest BCUT2D eigenvalue weighted by Crippen LogP contribution is 2.28. The normalized spacial score (nSPS) is 14.0. The van der Waals surface area contributed by atoms with Crippen LogP contribution < -0.4 is 10.6 Å². The first-order valence-electron chi connectivity index (χ1n) is 7.60. The summed E-state index contributed by atoms with van der Waals surface area (Å²) in [5.74, 6) is 0.0967. The van der Waals surface area contributed by atoms with Crippen LogP contribution in [0.1, 0.15) is 36.5 Å². The molecule has 1 fully saturated rings. The Labute approximate surface area is 125 Å². The maximum absolute atomic E-state index is 13.7. The number of halogens is 1. The molecule has 1 aliphatic carbocycles. The fourth-order valence-electron chi connectivity index (χ4n) is 2.08. The molecule has 0 unspecified atom stereocenters. The van der Waals surface area contributed by atoms with E-state index in [1.807, 2.05) is 6.92 Å². The van der Waals surface area contributed by atoms with Gasteiger partial charge in [-0.1, -0.05) is 6.07 Å². The molecule has 0 aliphatic heterocycles. The molecule has 0 radical (unpaired) electrons. The molecule has 0 bridgehead atoms. The van der Waals surface area contributed by atoms with Crippen molar-refractivity contribution >= 4 is 11.6 Å². The summed E-state index contributed by atoms with van der Waals surface area (Å²) < 4.78 is 19.2. The molecule has 116 valence electrons.